The van der Waals surface area contributed by atoms with Crippen LogP contribution in [0.15, 0.2) is 6.33 Å². The van der Waals surface area contributed by atoms with Gasteiger partial charge in [-0.3, -0.25) is 9.89 Å². The average Bonchev–Trinajstić information content (AvgIpc) is 2.67. The monoisotopic (exact) mass is 200 g/mol. The number of aliphatic hydroxyl groups excluding tert-OH is 1. The predicted molar refractivity (Wildman–Crippen MR) is 46.4 cm³/mol. The molecular formula is C7H12N4O3. The SMILES string of the molecule is CC(O)(CO)CNC(=O)c1ncn[nH]1. The summed E-state index contributed by atoms with van der Waals surface area (Å²) in [6.07, 6.45) is 1.21. The summed E-state index contributed by atoms with van der Waals surface area (Å²) in [6, 6.07) is 0. The van der Waals surface area contributed by atoms with Crippen LogP contribution in [0.3, 0.4) is 0 Å². The van der Waals surface area contributed by atoms with Crippen LogP contribution in [0.2, 0.25) is 0 Å². The summed E-state index contributed by atoms with van der Waals surface area (Å²) in [5.74, 6) is -0.407. The van der Waals surface area contributed by atoms with E-state index in [0.29, 0.717) is 0 Å². The van der Waals surface area contributed by atoms with Crippen LogP contribution in [0, 0.1) is 0 Å². The lowest BCUT2D eigenvalue weighted by atomic mass is 10.1. The molecule has 4 N–H and O–H groups in total. The molecule has 1 heterocycles. The van der Waals surface area contributed by atoms with Crippen molar-refractivity contribution >= 4 is 5.91 Å². The second kappa shape index (κ2) is 4.16. The van der Waals surface area contributed by atoms with Gasteiger partial charge in [0.2, 0.25) is 5.82 Å². The lowest BCUT2D eigenvalue weighted by Gasteiger charge is -2.19. The van der Waals surface area contributed by atoms with Crippen LogP contribution in [0.25, 0.3) is 0 Å². The van der Waals surface area contributed by atoms with Gasteiger partial charge >= 0.3 is 0 Å². The fourth-order valence-electron chi connectivity index (χ4n) is 0.725. The molecule has 0 radical (unpaired) electrons. The zero-order chi connectivity index (χ0) is 10.6. The Labute approximate surface area is 80.2 Å². The van der Waals surface area contributed by atoms with Crippen molar-refractivity contribution in [2.24, 2.45) is 0 Å². The standard InChI is InChI=1S/C7H12N4O3/c1-7(14,3-12)2-8-6(13)5-9-4-10-11-5/h4,12,14H,2-3H2,1H3,(H,8,13)(H,9,10,11). The number of H-pyrrole nitrogens is 1. The van der Waals surface area contributed by atoms with E-state index >= 15 is 0 Å². The molecule has 0 saturated carbocycles. The molecule has 0 aromatic carbocycles. The Kier molecular flexibility index (Phi) is 3.15. The van der Waals surface area contributed by atoms with Crippen LogP contribution in [0.4, 0.5) is 0 Å². The first kappa shape index (κ1) is 10.6. The predicted octanol–water partition coefficient (Wildman–Crippen LogP) is -1.72. The summed E-state index contributed by atoms with van der Waals surface area (Å²) in [5, 5.41) is 26.3. The largest absolute Gasteiger partial charge is 0.393 e. The van der Waals surface area contributed by atoms with Crippen molar-refractivity contribution in [2.75, 3.05) is 13.2 Å². The van der Waals surface area contributed by atoms with Gasteiger partial charge in [-0.25, -0.2) is 4.98 Å². The number of nitrogens with one attached hydrogen (secondary N) is 2. The molecule has 78 valence electrons. The minimum absolute atomic E-state index is 0.0525. The Hall–Kier alpha value is -1.47. The number of hydrogen-bond donors (Lipinski definition) is 4. The minimum atomic E-state index is -1.32. The van der Waals surface area contributed by atoms with Crippen molar-refractivity contribution in [2.45, 2.75) is 12.5 Å². The van der Waals surface area contributed by atoms with Crippen LogP contribution < -0.4 is 5.32 Å². The van der Waals surface area contributed by atoms with Gasteiger partial charge in [0.05, 0.1) is 6.61 Å². The van der Waals surface area contributed by atoms with Crippen molar-refractivity contribution < 1.29 is 15.0 Å². The first-order valence-corrected chi connectivity index (χ1v) is 4.02. The van der Waals surface area contributed by atoms with E-state index in [1.807, 2.05) is 0 Å². The van der Waals surface area contributed by atoms with Gasteiger partial charge in [-0.15, -0.1) is 0 Å². The number of aromatic nitrogens is 3. The fraction of sp³-hybridized carbons (Fsp3) is 0.571. The maximum absolute atomic E-state index is 11.2. The maximum Gasteiger partial charge on any atom is 0.288 e. The normalized spacial score (nSPS) is 14.8. The zero-order valence-corrected chi connectivity index (χ0v) is 7.69. The molecule has 1 amide bonds. The van der Waals surface area contributed by atoms with Gasteiger partial charge in [-0.2, -0.15) is 5.10 Å². The van der Waals surface area contributed by atoms with Gasteiger partial charge in [-0.05, 0) is 6.92 Å². The highest BCUT2D eigenvalue weighted by atomic mass is 16.3. The Morgan fingerprint density at radius 3 is 3.00 bits per heavy atom. The summed E-state index contributed by atoms with van der Waals surface area (Å²) in [6.45, 7) is 0.931. The summed E-state index contributed by atoms with van der Waals surface area (Å²) < 4.78 is 0. The molecule has 1 aromatic heterocycles. The molecule has 0 spiro atoms. The van der Waals surface area contributed by atoms with Crippen LogP contribution in [0.5, 0.6) is 0 Å². The summed E-state index contributed by atoms with van der Waals surface area (Å²) >= 11 is 0. The maximum atomic E-state index is 11.2. The number of aromatic amines is 1. The second-order valence-electron chi connectivity index (χ2n) is 3.17. The highest BCUT2D eigenvalue weighted by Gasteiger charge is 2.20. The topological polar surface area (TPSA) is 111 Å². The number of nitrogens with zero attached hydrogens (tertiary/aromatic N) is 2. The van der Waals surface area contributed by atoms with Gasteiger partial charge in [0.15, 0.2) is 0 Å². The highest BCUT2D eigenvalue weighted by Crippen LogP contribution is 1.98. The van der Waals surface area contributed by atoms with Crippen molar-refractivity contribution in [1.82, 2.24) is 20.5 Å². The van der Waals surface area contributed by atoms with Gasteiger partial charge in [-0.1, -0.05) is 0 Å². The number of aliphatic hydroxyl groups is 2. The molecule has 1 rings (SSSR count). The third kappa shape index (κ3) is 2.79. The highest BCUT2D eigenvalue weighted by molar-refractivity contribution is 5.90. The number of rotatable bonds is 4. The molecule has 1 atom stereocenters. The summed E-state index contributed by atoms with van der Waals surface area (Å²) in [4.78, 5) is 14.9. The van der Waals surface area contributed by atoms with Crippen LogP contribution in [-0.4, -0.2) is 50.1 Å². The Balaban J connectivity index is 2.43. The van der Waals surface area contributed by atoms with E-state index in [1.54, 1.807) is 0 Å². The Morgan fingerprint density at radius 2 is 2.50 bits per heavy atom. The van der Waals surface area contributed by atoms with Crippen molar-refractivity contribution in [1.29, 1.82) is 0 Å². The molecular weight excluding hydrogens is 188 g/mol. The van der Waals surface area contributed by atoms with Gasteiger partial charge in [0, 0.05) is 6.54 Å². The molecule has 0 bridgehead atoms. The van der Waals surface area contributed by atoms with Crippen molar-refractivity contribution in [3.05, 3.63) is 12.2 Å². The van der Waals surface area contributed by atoms with Crippen LogP contribution in [-0.2, 0) is 0 Å². The molecule has 14 heavy (non-hydrogen) atoms. The van der Waals surface area contributed by atoms with E-state index in [-0.39, 0.29) is 12.4 Å². The van der Waals surface area contributed by atoms with Gasteiger partial charge in [0.1, 0.15) is 11.9 Å². The zero-order valence-electron chi connectivity index (χ0n) is 7.69. The molecule has 1 aromatic rings. The van der Waals surface area contributed by atoms with Gasteiger partial charge in [0.25, 0.3) is 5.91 Å². The summed E-state index contributed by atoms with van der Waals surface area (Å²) in [5.41, 5.74) is -1.32. The molecule has 0 aliphatic carbocycles. The quantitative estimate of drug-likeness (QED) is 0.462. The number of carbonyl (C=O) groups excluding carboxylic acids is 1. The molecule has 0 fully saturated rings. The van der Waals surface area contributed by atoms with E-state index in [9.17, 15) is 9.90 Å². The molecule has 1 unspecified atom stereocenters. The van der Waals surface area contributed by atoms with Crippen LogP contribution in [0.1, 0.15) is 17.5 Å². The fourth-order valence-corrected chi connectivity index (χ4v) is 0.725. The van der Waals surface area contributed by atoms with Gasteiger partial charge < -0.3 is 15.5 Å². The third-order valence-corrected chi connectivity index (χ3v) is 1.60. The lowest BCUT2D eigenvalue weighted by Crippen LogP contribution is -2.43. The molecule has 7 heteroatoms. The van der Waals surface area contributed by atoms with Crippen molar-refractivity contribution in [3.63, 3.8) is 0 Å². The lowest BCUT2D eigenvalue weighted by molar-refractivity contribution is 0.00312. The van der Waals surface area contributed by atoms with Crippen LogP contribution >= 0.6 is 0 Å². The first-order chi connectivity index (χ1) is 6.55. The molecule has 7 nitrogen and oxygen atoms in total. The van der Waals surface area contributed by atoms with Crippen molar-refractivity contribution in [3.8, 4) is 0 Å². The van der Waals surface area contributed by atoms with E-state index < -0.39 is 18.1 Å². The Bertz CT molecular complexity index is 296. The number of amides is 1. The second-order valence-corrected chi connectivity index (χ2v) is 3.17. The van der Waals surface area contributed by atoms with E-state index in [4.69, 9.17) is 5.11 Å². The first-order valence-electron chi connectivity index (χ1n) is 4.02. The Morgan fingerprint density at radius 1 is 1.79 bits per heavy atom. The average molecular weight is 200 g/mol. The number of hydrogen-bond acceptors (Lipinski definition) is 5. The van der Waals surface area contributed by atoms with E-state index in [2.05, 4.69) is 20.5 Å². The molecule has 0 aliphatic heterocycles. The van der Waals surface area contributed by atoms with E-state index in [1.165, 1.54) is 13.3 Å². The third-order valence-electron chi connectivity index (χ3n) is 1.60. The van der Waals surface area contributed by atoms with E-state index in [0.717, 1.165) is 0 Å². The number of carbonyl (C=O) groups is 1. The molecule has 0 saturated heterocycles. The minimum Gasteiger partial charge on any atom is -0.393 e. The molecule has 0 aliphatic rings. The summed E-state index contributed by atoms with van der Waals surface area (Å²) in [7, 11) is 0. The smallest absolute Gasteiger partial charge is 0.288 e.